The van der Waals surface area contributed by atoms with E-state index in [0.717, 1.165) is 50.9 Å². The molecule has 20 heavy (non-hydrogen) atoms. The molecule has 0 bridgehead atoms. The molecule has 2 N–H and O–H groups in total. The second-order valence-corrected chi connectivity index (χ2v) is 6.89. The molecule has 1 fully saturated rings. The van der Waals surface area contributed by atoms with E-state index in [4.69, 9.17) is 0 Å². The first-order valence-electron chi connectivity index (χ1n) is 7.29. The minimum Gasteiger partial charge on any atom is -0.391 e. The largest absolute Gasteiger partial charge is 0.391 e. The van der Waals surface area contributed by atoms with Crippen molar-refractivity contribution in [2.75, 3.05) is 13.6 Å². The number of nitrogens with zero attached hydrogens (tertiary/aromatic N) is 2. The van der Waals surface area contributed by atoms with Gasteiger partial charge in [-0.1, -0.05) is 12.8 Å². The van der Waals surface area contributed by atoms with Crippen LogP contribution in [-0.4, -0.2) is 46.6 Å². The Bertz CT molecular complexity index is 503. The maximum Gasteiger partial charge on any atom is 0.280 e. The van der Waals surface area contributed by atoms with Gasteiger partial charge in [-0.05, 0) is 19.9 Å². The standard InChI is InChI=1S/C14H21N3O2S/c1-17-7-6-10-12(8-17)20-14(16-10)13(19)15-9-4-2-3-5-11(9)18/h9,11,18H,2-8H2,1H3,(H,15,19)/t9-,11-/m1/s1. The highest BCUT2D eigenvalue weighted by Gasteiger charge is 2.27. The number of hydrogen-bond acceptors (Lipinski definition) is 5. The van der Waals surface area contributed by atoms with Crippen molar-refractivity contribution in [3.8, 4) is 0 Å². The van der Waals surface area contributed by atoms with E-state index in [2.05, 4.69) is 22.2 Å². The first-order chi connectivity index (χ1) is 9.63. The number of fused-ring (bicyclic) bond motifs is 1. The molecule has 1 amide bonds. The van der Waals surface area contributed by atoms with Crippen LogP contribution in [0.15, 0.2) is 0 Å². The third-order valence-corrected chi connectivity index (χ3v) is 5.24. The Morgan fingerprint density at radius 1 is 1.45 bits per heavy atom. The van der Waals surface area contributed by atoms with Crippen LogP contribution >= 0.6 is 11.3 Å². The van der Waals surface area contributed by atoms with Gasteiger partial charge in [-0.2, -0.15) is 0 Å². The maximum atomic E-state index is 12.3. The van der Waals surface area contributed by atoms with Gasteiger partial charge in [0.1, 0.15) is 0 Å². The predicted octanol–water partition coefficient (Wildman–Crippen LogP) is 1.16. The smallest absolute Gasteiger partial charge is 0.280 e. The Kier molecular flexibility index (Phi) is 4.05. The van der Waals surface area contributed by atoms with Gasteiger partial charge >= 0.3 is 0 Å². The van der Waals surface area contributed by atoms with Crippen molar-refractivity contribution in [2.45, 2.75) is 50.8 Å². The van der Waals surface area contributed by atoms with Crippen LogP contribution in [0.2, 0.25) is 0 Å². The number of nitrogens with one attached hydrogen (secondary N) is 1. The molecular weight excluding hydrogens is 274 g/mol. The second kappa shape index (κ2) is 5.79. The molecule has 1 aromatic rings. The third-order valence-electron chi connectivity index (χ3n) is 4.16. The summed E-state index contributed by atoms with van der Waals surface area (Å²) in [5.41, 5.74) is 1.07. The lowest BCUT2D eigenvalue weighted by atomic mass is 9.92. The molecule has 0 radical (unpaired) electrons. The molecule has 0 spiro atoms. The summed E-state index contributed by atoms with van der Waals surface area (Å²) < 4.78 is 0. The number of aliphatic hydroxyl groups excluding tert-OH is 1. The molecule has 1 saturated carbocycles. The summed E-state index contributed by atoms with van der Waals surface area (Å²) in [4.78, 5) is 20.2. The van der Waals surface area contributed by atoms with Crippen LogP contribution in [0.4, 0.5) is 0 Å². The number of aromatic nitrogens is 1. The van der Waals surface area contributed by atoms with E-state index in [-0.39, 0.29) is 11.9 Å². The molecule has 0 saturated heterocycles. The summed E-state index contributed by atoms with van der Waals surface area (Å²) in [5, 5.41) is 13.4. The fourth-order valence-electron chi connectivity index (χ4n) is 2.93. The molecule has 3 rings (SSSR count). The van der Waals surface area contributed by atoms with Gasteiger partial charge in [0.25, 0.3) is 5.91 Å². The maximum absolute atomic E-state index is 12.3. The van der Waals surface area contributed by atoms with E-state index in [9.17, 15) is 9.90 Å². The van der Waals surface area contributed by atoms with Gasteiger partial charge in [-0.3, -0.25) is 4.79 Å². The molecule has 5 nitrogen and oxygen atoms in total. The monoisotopic (exact) mass is 295 g/mol. The fourth-order valence-corrected chi connectivity index (χ4v) is 4.02. The SMILES string of the molecule is CN1CCc2nc(C(=O)N[C@@H]3CCCC[C@H]3O)sc2C1. The van der Waals surface area contributed by atoms with E-state index in [0.29, 0.717) is 5.01 Å². The Balaban J connectivity index is 1.68. The summed E-state index contributed by atoms with van der Waals surface area (Å²) >= 11 is 1.49. The first kappa shape index (κ1) is 14.0. The number of carbonyl (C=O) groups excluding carboxylic acids is 1. The van der Waals surface area contributed by atoms with E-state index < -0.39 is 6.10 Å². The van der Waals surface area contributed by atoms with Gasteiger partial charge < -0.3 is 15.3 Å². The predicted molar refractivity (Wildman–Crippen MR) is 77.9 cm³/mol. The van der Waals surface area contributed by atoms with Crippen molar-refractivity contribution < 1.29 is 9.90 Å². The first-order valence-corrected chi connectivity index (χ1v) is 8.11. The summed E-state index contributed by atoms with van der Waals surface area (Å²) in [5.74, 6) is -0.127. The van der Waals surface area contributed by atoms with Crippen LogP contribution in [-0.2, 0) is 13.0 Å². The lowest BCUT2D eigenvalue weighted by Gasteiger charge is -2.27. The molecule has 1 aliphatic heterocycles. The highest BCUT2D eigenvalue weighted by molar-refractivity contribution is 7.13. The van der Waals surface area contributed by atoms with Gasteiger partial charge in [-0.25, -0.2) is 4.98 Å². The van der Waals surface area contributed by atoms with E-state index >= 15 is 0 Å². The highest BCUT2D eigenvalue weighted by atomic mass is 32.1. The average molecular weight is 295 g/mol. The normalized spacial score (nSPS) is 27.1. The van der Waals surface area contributed by atoms with Crippen molar-refractivity contribution in [3.63, 3.8) is 0 Å². The molecule has 1 aliphatic carbocycles. The summed E-state index contributed by atoms with van der Waals surface area (Å²) in [6.45, 7) is 1.88. The van der Waals surface area contributed by atoms with Crippen LogP contribution in [0.1, 0.15) is 46.1 Å². The van der Waals surface area contributed by atoms with Crippen molar-refractivity contribution in [1.82, 2.24) is 15.2 Å². The van der Waals surface area contributed by atoms with Gasteiger partial charge in [0.05, 0.1) is 17.8 Å². The molecule has 2 aliphatic rings. The van der Waals surface area contributed by atoms with Crippen LogP contribution in [0.25, 0.3) is 0 Å². The topological polar surface area (TPSA) is 65.5 Å². The molecule has 6 heteroatoms. The fraction of sp³-hybridized carbons (Fsp3) is 0.714. The van der Waals surface area contributed by atoms with Crippen molar-refractivity contribution >= 4 is 17.2 Å². The number of hydrogen-bond donors (Lipinski definition) is 2. The van der Waals surface area contributed by atoms with E-state index in [1.165, 1.54) is 16.2 Å². The molecular formula is C14H21N3O2S. The lowest BCUT2D eigenvalue weighted by molar-refractivity contribution is 0.0717. The number of amides is 1. The van der Waals surface area contributed by atoms with Crippen LogP contribution in [0, 0.1) is 0 Å². The van der Waals surface area contributed by atoms with Crippen molar-refractivity contribution in [2.24, 2.45) is 0 Å². The zero-order chi connectivity index (χ0) is 14.1. The van der Waals surface area contributed by atoms with Crippen molar-refractivity contribution in [3.05, 3.63) is 15.6 Å². The van der Waals surface area contributed by atoms with Gasteiger partial charge in [0.15, 0.2) is 5.01 Å². The summed E-state index contributed by atoms with van der Waals surface area (Å²) in [6.07, 6.45) is 4.27. The number of aliphatic hydroxyl groups is 1. The van der Waals surface area contributed by atoms with Gasteiger partial charge in [0, 0.05) is 24.4 Å². The zero-order valence-electron chi connectivity index (χ0n) is 11.8. The van der Waals surface area contributed by atoms with Crippen LogP contribution in [0.5, 0.6) is 0 Å². The molecule has 2 heterocycles. The van der Waals surface area contributed by atoms with E-state index in [1.807, 2.05) is 0 Å². The Hall–Kier alpha value is -0.980. The highest BCUT2D eigenvalue weighted by Crippen LogP contribution is 2.25. The van der Waals surface area contributed by atoms with Gasteiger partial charge in [-0.15, -0.1) is 11.3 Å². The molecule has 1 aromatic heterocycles. The second-order valence-electron chi connectivity index (χ2n) is 5.81. The number of likely N-dealkylation sites (N-methyl/N-ethyl adjacent to an activating group) is 1. The molecule has 0 unspecified atom stereocenters. The number of carbonyl (C=O) groups is 1. The third kappa shape index (κ3) is 2.87. The minimum atomic E-state index is -0.409. The Morgan fingerprint density at radius 3 is 3.05 bits per heavy atom. The summed E-state index contributed by atoms with van der Waals surface area (Å²) in [7, 11) is 2.08. The van der Waals surface area contributed by atoms with E-state index in [1.54, 1.807) is 0 Å². The summed E-state index contributed by atoms with van der Waals surface area (Å²) in [6, 6.07) is -0.111. The quantitative estimate of drug-likeness (QED) is 0.859. The van der Waals surface area contributed by atoms with Gasteiger partial charge in [0.2, 0.25) is 0 Å². The van der Waals surface area contributed by atoms with Crippen LogP contribution in [0.3, 0.4) is 0 Å². The average Bonchev–Trinajstić information content (AvgIpc) is 2.84. The number of rotatable bonds is 2. The van der Waals surface area contributed by atoms with Crippen molar-refractivity contribution in [1.29, 1.82) is 0 Å². The zero-order valence-corrected chi connectivity index (χ0v) is 12.6. The Labute approximate surface area is 123 Å². The molecule has 2 atom stereocenters. The van der Waals surface area contributed by atoms with Crippen LogP contribution < -0.4 is 5.32 Å². The lowest BCUT2D eigenvalue weighted by Crippen LogP contribution is -2.45. The minimum absolute atomic E-state index is 0.111. The molecule has 0 aromatic carbocycles. The Morgan fingerprint density at radius 2 is 2.25 bits per heavy atom. The molecule has 110 valence electrons. The number of thiazole rings is 1.